The van der Waals surface area contributed by atoms with Crippen LogP contribution < -0.4 is 0 Å². The molecule has 1 aromatic heterocycles. The highest BCUT2D eigenvalue weighted by Crippen LogP contribution is 2.26. The van der Waals surface area contributed by atoms with Crippen molar-refractivity contribution in [3.63, 3.8) is 0 Å². The van der Waals surface area contributed by atoms with Gasteiger partial charge in [-0.2, -0.15) is 0 Å². The first-order valence-electron chi connectivity index (χ1n) is 6.92. The minimum absolute atomic E-state index is 0.532. The number of thiazole rings is 1. The zero-order valence-electron chi connectivity index (χ0n) is 11.4. The quantitative estimate of drug-likeness (QED) is 0.726. The Kier molecular flexibility index (Phi) is 5.46. The second kappa shape index (κ2) is 6.88. The van der Waals surface area contributed by atoms with Crippen molar-refractivity contribution in [2.24, 2.45) is 5.92 Å². The molecule has 1 saturated carbocycles. The highest BCUT2D eigenvalue weighted by molar-refractivity contribution is 7.09. The Hall–Kier alpha value is -0.120. The summed E-state index contributed by atoms with van der Waals surface area (Å²) in [6.45, 7) is 6.78. The maximum atomic E-state index is 5.82. The third-order valence-corrected chi connectivity index (χ3v) is 4.67. The lowest BCUT2D eigenvalue weighted by Gasteiger charge is -2.29. The number of nitrogens with zero attached hydrogens (tertiary/aromatic N) is 2. The van der Waals surface area contributed by atoms with E-state index in [1.165, 1.54) is 37.2 Å². The molecule has 1 heterocycles. The molecule has 1 fully saturated rings. The first-order chi connectivity index (χ1) is 8.69. The molecule has 0 atom stereocenters. The van der Waals surface area contributed by atoms with Crippen LogP contribution in [0, 0.1) is 5.92 Å². The molecule has 18 heavy (non-hydrogen) atoms. The SMILES string of the molecule is CC(C)CN(Cc1nc(CCl)cs1)C1CCCC1. The van der Waals surface area contributed by atoms with Gasteiger partial charge < -0.3 is 0 Å². The van der Waals surface area contributed by atoms with Crippen molar-refractivity contribution in [1.29, 1.82) is 0 Å². The molecule has 0 bridgehead atoms. The molecule has 0 amide bonds. The van der Waals surface area contributed by atoms with Gasteiger partial charge in [0.05, 0.1) is 18.1 Å². The van der Waals surface area contributed by atoms with E-state index in [9.17, 15) is 0 Å². The lowest BCUT2D eigenvalue weighted by atomic mass is 10.1. The zero-order valence-corrected chi connectivity index (χ0v) is 12.9. The predicted octanol–water partition coefficient (Wildman–Crippen LogP) is 4.28. The Morgan fingerprint density at radius 2 is 2.17 bits per heavy atom. The van der Waals surface area contributed by atoms with Gasteiger partial charge in [-0.15, -0.1) is 22.9 Å². The summed E-state index contributed by atoms with van der Waals surface area (Å²) in [6.07, 6.45) is 5.51. The summed E-state index contributed by atoms with van der Waals surface area (Å²) in [5, 5.41) is 3.31. The van der Waals surface area contributed by atoms with Gasteiger partial charge in [-0.05, 0) is 18.8 Å². The van der Waals surface area contributed by atoms with Crippen LogP contribution in [-0.2, 0) is 12.4 Å². The van der Waals surface area contributed by atoms with E-state index in [4.69, 9.17) is 11.6 Å². The van der Waals surface area contributed by atoms with Crippen LogP contribution in [0.1, 0.15) is 50.2 Å². The molecule has 2 rings (SSSR count). The van der Waals surface area contributed by atoms with Crippen molar-refractivity contribution in [2.45, 2.75) is 58.0 Å². The highest BCUT2D eigenvalue weighted by atomic mass is 35.5. The molecule has 1 aromatic rings. The molecular formula is C14H23ClN2S. The summed E-state index contributed by atoms with van der Waals surface area (Å²) in [5.41, 5.74) is 1.02. The number of rotatable bonds is 6. The number of hydrogen-bond donors (Lipinski definition) is 0. The van der Waals surface area contributed by atoms with Gasteiger partial charge in [0.2, 0.25) is 0 Å². The average molecular weight is 287 g/mol. The van der Waals surface area contributed by atoms with E-state index >= 15 is 0 Å². The summed E-state index contributed by atoms with van der Waals surface area (Å²) in [4.78, 5) is 7.23. The molecule has 0 saturated heterocycles. The molecule has 0 N–H and O–H groups in total. The van der Waals surface area contributed by atoms with Crippen LogP contribution in [0.5, 0.6) is 0 Å². The molecule has 0 radical (unpaired) electrons. The third-order valence-electron chi connectivity index (χ3n) is 3.52. The zero-order chi connectivity index (χ0) is 13.0. The van der Waals surface area contributed by atoms with Crippen LogP contribution >= 0.6 is 22.9 Å². The third kappa shape index (κ3) is 3.94. The van der Waals surface area contributed by atoms with Crippen molar-refractivity contribution in [3.05, 3.63) is 16.1 Å². The maximum Gasteiger partial charge on any atom is 0.107 e. The fourth-order valence-corrected chi connectivity index (χ4v) is 3.78. The number of alkyl halides is 1. The van der Waals surface area contributed by atoms with Gasteiger partial charge in [0.25, 0.3) is 0 Å². The Labute approximate surface area is 119 Å². The van der Waals surface area contributed by atoms with Crippen molar-refractivity contribution in [1.82, 2.24) is 9.88 Å². The second-order valence-corrected chi connectivity index (χ2v) is 6.84. The standard InChI is InChI=1S/C14H23ClN2S/c1-11(2)8-17(13-5-3-4-6-13)9-14-16-12(7-15)10-18-14/h10-11,13H,3-9H2,1-2H3. The van der Waals surface area contributed by atoms with Gasteiger partial charge in [0.15, 0.2) is 0 Å². The van der Waals surface area contributed by atoms with Crippen molar-refractivity contribution in [3.8, 4) is 0 Å². The van der Waals surface area contributed by atoms with E-state index in [1.54, 1.807) is 11.3 Å². The summed E-state index contributed by atoms with van der Waals surface area (Å²) in [7, 11) is 0. The lowest BCUT2D eigenvalue weighted by molar-refractivity contribution is 0.168. The number of hydrogen-bond acceptors (Lipinski definition) is 3. The smallest absolute Gasteiger partial charge is 0.107 e. The van der Waals surface area contributed by atoms with Crippen LogP contribution in [0.2, 0.25) is 0 Å². The Bertz CT molecular complexity index is 358. The minimum Gasteiger partial charge on any atom is -0.293 e. The van der Waals surface area contributed by atoms with Gasteiger partial charge in [0, 0.05) is 18.0 Å². The van der Waals surface area contributed by atoms with E-state index in [0.717, 1.165) is 24.2 Å². The molecule has 2 nitrogen and oxygen atoms in total. The minimum atomic E-state index is 0.532. The topological polar surface area (TPSA) is 16.1 Å². The van der Waals surface area contributed by atoms with E-state index in [-0.39, 0.29) is 0 Å². The molecular weight excluding hydrogens is 264 g/mol. The number of aromatic nitrogens is 1. The number of halogens is 1. The first kappa shape index (κ1) is 14.3. The molecule has 1 aliphatic rings. The van der Waals surface area contributed by atoms with Crippen LogP contribution in [0.3, 0.4) is 0 Å². The summed E-state index contributed by atoms with van der Waals surface area (Å²) in [6, 6.07) is 0.774. The molecule has 0 aliphatic heterocycles. The Balaban J connectivity index is 1.99. The molecule has 0 unspecified atom stereocenters. The van der Waals surface area contributed by atoms with E-state index in [0.29, 0.717) is 5.88 Å². The van der Waals surface area contributed by atoms with Crippen LogP contribution in [-0.4, -0.2) is 22.5 Å². The van der Waals surface area contributed by atoms with Crippen molar-refractivity contribution >= 4 is 22.9 Å². The molecule has 1 aliphatic carbocycles. The van der Waals surface area contributed by atoms with Gasteiger partial charge in [-0.1, -0.05) is 26.7 Å². The van der Waals surface area contributed by atoms with Gasteiger partial charge in [-0.3, -0.25) is 4.90 Å². The average Bonchev–Trinajstić information content (AvgIpc) is 2.98. The van der Waals surface area contributed by atoms with Crippen LogP contribution in [0.4, 0.5) is 0 Å². The monoisotopic (exact) mass is 286 g/mol. The molecule has 102 valence electrons. The summed E-state index contributed by atoms with van der Waals surface area (Å²) in [5.74, 6) is 1.25. The maximum absolute atomic E-state index is 5.82. The van der Waals surface area contributed by atoms with Crippen molar-refractivity contribution < 1.29 is 0 Å². The molecule has 0 spiro atoms. The van der Waals surface area contributed by atoms with Gasteiger partial charge in [0.1, 0.15) is 5.01 Å². The Morgan fingerprint density at radius 1 is 1.44 bits per heavy atom. The van der Waals surface area contributed by atoms with Crippen LogP contribution in [0.25, 0.3) is 0 Å². The highest BCUT2D eigenvalue weighted by Gasteiger charge is 2.23. The van der Waals surface area contributed by atoms with Gasteiger partial charge in [-0.25, -0.2) is 4.98 Å². The fraction of sp³-hybridized carbons (Fsp3) is 0.786. The van der Waals surface area contributed by atoms with E-state index in [1.807, 2.05) is 0 Å². The summed E-state index contributed by atoms with van der Waals surface area (Å²) >= 11 is 7.57. The molecule has 4 heteroatoms. The van der Waals surface area contributed by atoms with Crippen LogP contribution in [0.15, 0.2) is 5.38 Å². The van der Waals surface area contributed by atoms with E-state index in [2.05, 4.69) is 29.1 Å². The fourth-order valence-electron chi connectivity index (χ4n) is 2.74. The molecule has 0 aromatic carbocycles. The van der Waals surface area contributed by atoms with E-state index < -0.39 is 0 Å². The second-order valence-electron chi connectivity index (χ2n) is 5.63. The van der Waals surface area contributed by atoms with Gasteiger partial charge >= 0.3 is 0 Å². The summed E-state index contributed by atoms with van der Waals surface area (Å²) < 4.78 is 0. The lowest BCUT2D eigenvalue weighted by Crippen LogP contribution is -2.35. The first-order valence-corrected chi connectivity index (χ1v) is 8.33. The predicted molar refractivity (Wildman–Crippen MR) is 79.2 cm³/mol. The van der Waals surface area contributed by atoms with Crippen molar-refractivity contribution in [2.75, 3.05) is 6.54 Å². The largest absolute Gasteiger partial charge is 0.293 e. The normalized spacial score (nSPS) is 17.2. The Morgan fingerprint density at radius 3 is 2.72 bits per heavy atom.